The van der Waals surface area contributed by atoms with E-state index in [0.29, 0.717) is 11.4 Å². The Bertz CT molecular complexity index is 1160. The third kappa shape index (κ3) is 4.31. The maximum absolute atomic E-state index is 12.9. The van der Waals surface area contributed by atoms with E-state index in [0.717, 1.165) is 18.5 Å². The smallest absolute Gasteiger partial charge is 0.273 e. The van der Waals surface area contributed by atoms with Gasteiger partial charge in [-0.3, -0.25) is 9.10 Å². The van der Waals surface area contributed by atoms with E-state index in [9.17, 15) is 13.2 Å². The number of hydrogen-bond acceptors (Lipinski definition) is 5. The van der Waals surface area contributed by atoms with Crippen LogP contribution in [0.5, 0.6) is 5.75 Å². The Hall–Kier alpha value is -2.84. The minimum Gasteiger partial charge on any atom is -0.484 e. The van der Waals surface area contributed by atoms with Crippen LogP contribution in [0.25, 0.3) is 0 Å². The van der Waals surface area contributed by atoms with Gasteiger partial charge < -0.3 is 9.64 Å². The Morgan fingerprint density at radius 2 is 1.87 bits per heavy atom. The lowest BCUT2D eigenvalue weighted by Crippen LogP contribution is -2.44. The maximum Gasteiger partial charge on any atom is 0.273 e. The normalized spacial score (nSPS) is 15.9. The van der Waals surface area contributed by atoms with E-state index in [1.54, 1.807) is 41.8 Å². The highest BCUT2D eigenvalue weighted by atomic mass is 32.2. The zero-order valence-corrected chi connectivity index (χ0v) is 19.0. The first-order chi connectivity index (χ1) is 14.9. The summed E-state index contributed by atoms with van der Waals surface area (Å²) in [6.45, 7) is 1.97. The Labute approximate surface area is 186 Å². The molecule has 0 spiro atoms. The molecule has 0 saturated heterocycles. The third-order valence-corrected chi connectivity index (χ3v) is 8.62. The molecule has 2 aromatic carbocycles. The van der Waals surface area contributed by atoms with Gasteiger partial charge in [-0.2, -0.15) is 0 Å². The largest absolute Gasteiger partial charge is 0.484 e. The maximum atomic E-state index is 12.9. The summed E-state index contributed by atoms with van der Waals surface area (Å²) in [6.07, 6.45) is 1.88. The molecule has 2 heterocycles. The zero-order valence-electron chi connectivity index (χ0n) is 17.4. The highest BCUT2D eigenvalue weighted by Crippen LogP contribution is 2.31. The lowest BCUT2D eigenvalue weighted by Gasteiger charge is -2.35. The van der Waals surface area contributed by atoms with Crippen molar-refractivity contribution in [2.75, 3.05) is 22.9 Å². The number of rotatable bonds is 6. The first kappa shape index (κ1) is 21.4. The van der Waals surface area contributed by atoms with Crippen molar-refractivity contribution in [3.8, 4) is 5.75 Å². The fourth-order valence-electron chi connectivity index (χ4n) is 3.72. The van der Waals surface area contributed by atoms with Crippen molar-refractivity contribution >= 4 is 38.6 Å². The van der Waals surface area contributed by atoms with Crippen molar-refractivity contribution in [1.82, 2.24) is 0 Å². The number of benzene rings is 2. The molecular formula is C23H24N2O4S2. The van der Waals surface area contributed by atoms with Crippen LogP contribution in [0.3, 0.4) is 0 Å². The summed E-state index contributed by atoms with van der Waals surface area (Å²) < 4.78 is 32.6. The SMILES string of the molecule is CC1CCc2ccccc2N1C(=O)COc1ccc(N(C)S(=O)(=O)c2cccs2)cc1. The van der Waals surface area contributed by atoms with Crippen LogP contribution in [0, 0.1) is 0 Å². The summed E-state index contributed by atoms with van der Waals surface area (Å²) in [6, 6.07) is 18.1. The number of anilines is 2. The number of para-hydroxylation sites is 1. The number of amides is 1. The van der Waals surface area contributed by atoms with Crippen LogP contribution >= 0.6 is 11.3 Å². The topological polar surface area (TPSA) is 66.9 Å². The second-order valence-corrected chi connectivity index (χ2v) is 10.6. The van der Waals surface area contributed by atoms with Gasteiger partial charge in [0.2, 0.25) is 0 Å². The minimum atomic E-state index is -3.59. The Morgan fingerprint density at radius 1 is 1.13 bits per heavy atom. The van der Waals surface area contributed by atoms with Crippen LogP contribution in [-0.2, 0) is 21.2 Å². The van der Waals surface area contributed by atoms with Crippen molar-refractivity contribution < 1.29 is 17.9 Å². The highest BCUT2D eigenvalue weighted by molar-refractivity contribution is 7.94. The first-order valence-electron chi connectivity index (χ1n) is 10.0. The molecule has 1 amide bonds. The van der Waals surface area contributed by atoms with E-state index in [2.05, 4.69) is 6.07 Å². The molecule has 4 rings (SSSR count). The Morgan fingerprint density at radius 3 is 2.58 bits per heavy atom. The van der Waals surface area contributed by atoms with Gasteiger partial charge in [0.15, 0.2) is 6.61 Å². The van der Waals surface area contributed by atoms with Crippen LogP contribution in [0.4, 0.5) is 11.4 Å². The summed E-state index contributed by atoms with van der Waals surface area (Å²) in [4.78, 5) is 14.7. The third-order valence-electron chi connectivity index (χ3n) is 5.46. The van der Waals surface area contributed by atoms with E-state index in [4.69, 9.17) is 4.74 Å². The molecular weight excluding hydrogens is 432 g/mol. The molecule has 31 heavy (non-hydrogen) atoms. The van der Waals surface area contributed by atoms with E-state index in [-0.39, 0.29) is 22.8 Å². The average Bonchev–Trinajstić information content (AvgIpc) is 3.33. The predicted molar refractivity (Wildman–Crippen MR) is 124 cm³/mol. The lowest BCUT2D eigenvalue weighted by atomic mass is 9.96. The van der Waals surface area contributed by atoms with E-state index in [1.807, 2.05) is 30.0 Å². The molecule has 1 aliphatic rings. The second-order valence-electron chi connectivity index (χ2n) is 7.47. The van der Waals surface area contributed by atoms with Gasteiger partial charge in [0.05, 0.1) is 5.69 Å². The second kappa shape index (κ2) is 8.72. The van der Waals surface area contributed by atoms with Crippen molar-refractivity contribution in [1.29, 1.82) is 0 Å². The lowest BCUT2D eigenvalue weighted by molar-refractivity contribution is -0.121. The Kier molecular flexibility index (Phi) is 6.02. The summed E-state index contributed by atoms with van der Waals surface area (Å²) in [5.41, 5.74) is 2.64. The number of carbonyl (C=O) groups is 1. The molecule has 1 aliphatic heterocycles. The quantitative estimate of drug-likeness (QED) is 0.554. The summed E-state index contributed by atoms with van der Waals surface area (Å²) in [7, 11) is -2.07. The number of carbonyl (C=O) groups excluding carboxylic acids is 1. The molecule has 0 N–H and O–H groups in total. The van der Waals surface area contributed by atoms with Crippen LogP contribution in [0.1, 0.15) is 18.9 Å². The molecule has 0 bridgehead atoms. The van der Waals surface area contributed by atoms with E-state index >= 15 is 0 Å². The number of sulfonamides is 1. The van der Waals surface area contributed by atoms with Crippen molar-refractivity contribution in [3.63, 3.8) is 0 Å². The highest BCUT2D eigenvalue weighted by Gasteiger charge is 2.28. The molecule has 162 valence electrons. The molecule has 8 heteroatoms. The molecule has 6 nitrogen and oxygen atoms in total. The number of thiophene rings is 1. The Balaban J connectivity index is 1.43. The monoisotopic (exact) mass is 456 g/mol. The summed E-state index contributed by atoms with van der Waals surface area (Å²) in [5.74, 6) is 0.415. The molecule has 0 saturated carbocycles. The van der Waals surface area contributed by atoms with Gasteiger partial charge in [0, 0.05) is 18.8 Å². The van der Waals surface area contributed by atoms with Gasteiger partial charge in [-0.05, 0) is 67.1 Å². The predicted octanol–water partition coefficient (Wildman–Crippen LogP) is 4.32. The first-order valence-corrected chi connectivity index (χ1v) is 12.3. The number of hydrogen-bond donors (Lipinski definition) is 0. The number of nitrogens with zero attached hydrogens (tertiary/aromatic N) is 2. The fourth-order valence-corrected chi connectivity index (χ4v) is 6.08. The standard InChI is InChI=1S/C23H24N2O4S2/c1-17-9-10-18-6-3-4-7-21(18)25(17)22(26)16-29-20-13-11-19(12-14-20)24(2)31(27,28)23-8-5-15-30-23/h3-8,11-15,17H,9-10,16H2,1-2H3. The van der Waals surface area contributed by atoms with Crippen molar-refractivity contribution in [3.05, 3.63) is 71.6 Å². The van der Waals surface area contributed by atoms with Gasteiger partial charge >= 0.3 is 0 Å². The molecule has 1 atom stereocenters. The van der Waals surface area contributed by atoms with Crippen LogP contribution in [0.2, 0.25) is 0 Å². The van der Waals surface area contributed by atoms with E-state index in [1.165, 1.54) is 28.3 Å². The van der Waals surface area contributed by atoms with Crippen LogP contribution in [0.15, 0.2) is 70.3 Å². The molecule has 1 unspecified atom stereocenters. The van der Waals surface area contributed by atoms with E-state index < -0.39 is 10.0 Å². The summed E-state index contributed by atoms with van der Waals surface area (Å²) in [5, 5.41) is 1.73. The molecule has 1 aromatic heterocycles. The van der Waals surface area contributed by atoms with Crippen LogP contribution < -0.4 is 13.9 Å². The van der Waals surface area contributed by atoms with Gasteiger partial charge in [0.1, 0.15) is 9.96 Å². The molecule has 3 aromatic rings. The average molecular weight is 457 g/mol. The van der Waals surface area contributed by atoms with Gasteiger partial charge in [0.25, 0.3) is 15.9 Å². The van der Waals surface area contributed by atoms with Crippen molar-refractivity contribution in [2.24, 2.45) is 0 Å². The van der Waals surface area contributed by atoms with Gasteiger partial charge in [-0.15, -0.1) is 11.3 Å². The number of aryl methyl sites for hydroxylation is 1. The van der Waals surface area contributed by atoms with Crippen molar-refractivity contribution in [2.45, 2.75) is 30.0 Å². The van der Waals surface area contributed by atoms with Crippen LogP contribution in [-0.4, -0.2) is 34.0 Å². The minimum absolute atomic E-state index is 0.0820. The molecule has 0 aliphatic carbocycles. The molecule has 0 radical (unpaired) electrons. The number of ether oxygens (including phenoxy) is 1. The number of fused-ring (bicyclic) bond motifs is 1. The molecule has 0 fully saturated rings. The zero-order chi connectivity index (χ0) is 22.0. The summed E-state index contributed by atoms with van der Waals surface area (Å²) >= 11 is 1.18. The van der Waals surface area contributed by atoms with Gasteiger partial charge in [-0.1, -0.05) is 24.3 Å². The fraction of sp³-hybridized carbons (Fsp3) is 0.261. The van der Waals surface area contributed by atoms with Gasteiger partial charge in [-0.25, -0.2) is 8.42 Å².